The maximum atomic E-state index is 12.4. The fourth-order valence-electron chi connectivity index (χ4n) is 2.77. The second kappa shape index (κ2) is 6.80. The Labute approximate surface area is 156 Å². The molecule has 7 heteroatoms. The van der Waals surface area contributed by atoms with Crippen molar-refractivity contribution in [2.45, 2.75) is 26.8 Å². The lowest BCUT2D eigenvalue weighted by Gasteiger charge is -2.17. The van der Waals surface area contributed by atoms with Gasteiger partial charge in [-0.2, -0.15) is 0 Å². The number of halogens is 1. The number of nitrogens with one attached hydrogen (secondary N) is 2. The highest BCUT2D eigenvalue weighted by Gasteiger charge is 2.37. The van der Waals surface area contributed by atoms with Crippen molar-refractivity contribution in [3.8, 4) is 0 Å². The normalized spacial score (nSPS) is 13.2. The zero-order valence-corrected chi connectivity index (χ0v) is 15.3. The van der Waals surface area contributed by atoms with Crippen LogP contribution < -0.4 is 10.6 Å². The largest absolute Gasteiger partial charge is 0.323 e. The molecule has 2 aromatic rings. The summed E-state index contributed by atoms with van der Waals surface area (Å²) in [7, 11) is 0. The quantitative estimate of drug-likeness (QED) is 0.789. The molecule has 1 heterocycles. The Kier molecular flexibility index (Phi) is 4.70. The van der Waals surface area contributed by atoms with Gasteiger partial charge in [-0.15, -0.1) is 0 Å². The van der Waals surface area contributed by atoms with Crippen LogP contribution in [-0.4, -0.2) is 28.8 Å². The number of rotatable bonds is 3. The van der Waals surface area contributed by atoms with E-state index in [4.69, 9.17) is 11.6 Å². The van der Waals surface area contributed by atoms with Crippen LogP contribution >= 0.6 is 11.6 Å². The van der Waals surface area contributed by atoms with Crippen LogP contribution in [0.25, 0.3) is 0 Å². The van der Waals surface area contributed by atoms with Crippen LogP contribution in [0.3, 0.4) is 0 Å². The standard InChI is InChI=1S/C19H18ClN3O3/c1-10(2)23-17(24)14-7-6-12(8-15(14)18(23)25)21-19(26)22-13-5-4-11(3)16(20)9-13/h4-10H,1-3H3,(H2,21,22,26). The van der Waals surface area contributed by atoms with Crippen molar-refractivity contribution in [1.82, 2.24) is 4.90 Å². The van der Waals surface area contributed by atoms with Gasteiger partial charge in [-0.1, -0.05) is 17.7 Å². The maximum Gasteiger partial charge on any atom is 0.323 e. The molecule has 0 radical (unpaired) electrons. The zero-order valence-electron chi connectivity index (χ0n) is 14.6. The summed E-state index contributed by atoms with van der Waals surface area (Å²) in [5.41, 5.74) is 2.52. The summed E-state index contributed by atoms with van der Waals surface area (Å²) in [5.74, 6) is -0.667. The lowest BCUT2D eigenvalue weighted by molar-refractivity contribution is 0.0609. The molecule has 4 amide bonds. The molecule has 0 fully saturated rings. The number of anilines is 2. The topological polar surface area (TPSA) is 78.5 Å². The first-order valence-corrected chi connectivity index (χ1v) is 8.52. The van der Waals surface area contributed by atoms with E-state index in [1.54, 1.807) is 44.2 Å². The minimum absolute atomic E-state index is 0.228. The number of hydrogen-bond donors (Lipinski definition) is 2. The van der Waals surface area contributed by atoms with Gasteiger partial charge in [0.15, 0.2) is 0 Å². The van der Waals surface area contributed by atoms with Gasteiger partial charge in [0.05, 0.1) is 11.1 Å². The van der Waals surface area contributed by atoms with Gasteiger partial charge in [0.25, 0.3) is 11.8 Å². The van der Waals surface area contributed by atoms with Crippen LogP contribution in [0.4, 0.5) is 16.2 Å². The highest BCUT2D eigenvalue weighted by atomic mass is 35.5. The molecule has 1 aliphatic rings. The summed E-state index contributed by atoms with van der Waals surface area (Å²) in [4.78, 5) is 38.1. The van der Waals surface area contributed by atoms with E-state index in [1.807, 2.05) is 6.92 Å². The molecule has 0 atom stereocenters. The second-order valence-electron chi connectivity index (χ2n) is 6.38. The average Bonchev–Trinajstić information content (AvgIpc) is 2.82. The van der Waals surface area contributed by atoms with Crippen molar-refractivity contribution < 1.29 is 14.4 Å². The SMILES string of the molecule is Cc1ccc(NC(=O)Nc2ccc3c(c2)C(=O)N(C(C)C)C3=O)cc1Cl. The average molecular weight is 372 g/mol. The van der Waals surface area contributed by atoms with Gasteiger partial charge in [-0.25, -0.2) is 4.79 Å². The van der Waals surface area contributed by atoms with Gasteiger partial charge in [-0.05, 0) is 56.7 Å². The number of urea groups is 1. The van der Waals surface area contributed by atoms with E-state index in [-0.39, 0.29) is 17.9 Å². The third-order valence-corrected chi connectivity index (χ3v) is 4.53. The number of carbonyl (C=O) groups is 3. The van der Waals surface area contributed by atoms with Crippen LogP contribution in [0.1, 0.15) is 40.1 Å². The first kappa shape index (κ1) is 17.9. The number of nitrogens with zero attached hydrogens (tertiary/aromatic N) is 1. The van der Waals surface area contributed by atoms with Gasteiger partial charge in [0, 0.05) is 22.4 Å². The molecule has 0 bridgehead atoms. The highest BCUT2D eigenvalue weighted by molar-refractivity contribution is 6.31. The van der Waals surface area contributed by atoms with E-state index >= 15 is 0 Å². The monoisotopic (exact) mass is 371 g/mol. The third-order valence-electron chi connectivity index (χ3n) is 4.12. The van der Waals surface area contributed by atoms with Crippen molar-refractivity contribution >= 4 is 40.8 Å². The Balaban J connectivity index is 1.76. The number of aryl methyl sites for hydroxylation is 1. The summed E-state index contributed by atoms with van der Waals surface area (Å²) in [5, 5.41) is 5.89. The van der Waals surface area contributed by atoms with Crippen LogP contribution in [0.2, 0.25) is 5.02 Å². The molecular formula is C19H18ClN3O3. The molecule has 0 spiro atoms. The maximum absolute atomic E-state index is 12.4. The Hall–Kier alpha value is -2.86. The molecule has 0 unspecified atom stereocenters. The third kappa shape index (κ3) is 3.28. The van der Waals surface area contributed by atoms with Crippen molar-refractivity contribution in [3.63, 3.8) is 0 Å². The molecule has 3 rings (SSSR count). The highest BCUT2D eigenvalue weighted by Crippen LogP contribution is 2.27. The minimum Gasteiger partial charge on any atom is -0.308 e. The second-order valence-corrected chi connectivity index (χ2v) is 6.78. The number of imide groups is 1. The zero-order chi connectivity index (χ0) is 19.0. The fraction of sp³-hybridized carbons (Fsp3) is 0.211. The van der Waals surface area contributed by atoms with Gasteiger partial charge in [0.2, 0.25) is 0 Å². The van der Waals surface area contributed by atoms with Crippen LogP contribution in [0.15, 0.2) is 36.4 Å². The predicted octanol–water partition coefficient (Wildman–Crippen LogP) is 4.30. The first-order chi connectivity index (χ1) is 12.3. The van der Waals surface area contributed by atoms with E-state index < -0.39 is 6.03 Å². The molecule has 0 saturated carbocycles. The number of hydrogen-bond acceptors (Lipinski definition) is 3. The Bertz CT molecular complexity index is 924. The van der Waals surface area contributed by atoms with Crippen molar-refractivity contribution in [1.29, 1.82) is 0 Å². The molecule has 2 N–H and O–H groups in total. The van der Waals surface area contributed by atoms with E-state index in [1.165, 1.54) is 11.0 Å². The molecule has 0 aliphatic carbocycles. The number of fused-ring (bicyclic) bond motifs is 1. The first-order valence-electron chi connectivity index (χ1n) is 8.14. The summed E-state index contributed by atoms with van der Waals surface area (Å²) in [6.07, 6.45) is 0. The summed E-state index contributed by atoms with van der Waals surface area (Å²) in [6, 6.07) is 9.16. The molecule has 26 heavy (non-hydrogen) atoms. The molecular weight excluding hydrogens is 354 g/mol. The Morgan fingerprint density at radius 3 is 2.15 bits per heavy atom. The molecule has 2 aromatic carbocycles. The van der Waals surface area contributed by atoms with E-state index in [9.17, 15) is 14.4 Å². The van der Waals surface area contributed by atoms with Crippen molar-refractivity contribution in [2.75, 3.05) is 10.6 Å². The van der Waals surface area contributed by atoms with Crippen LogP contribution in [-0.2, 0) is 0 Å². The van der Waals surface area contributed by atoms with Crippen LogP contribution in [0.5, 0.6) is 0 Å². The molecule has 6 nitrogen and oxygen atoms in total. The van der Waals surface area contributed by atoms with Gasteiger partial charge in [0.1, 0.15) is 0 Å². The summed E-state index contributed by atoms with van der Waals surface area (Å²) in [6.45, 7) is 5.43. The predicted molar refractivity (Wildman–Crippen MR) is 101 cm³/mol. The Morgan fingerprint density at radius 2 is 1.54 bits per heavy atom. The summed E-state index contributed by atoms with van der Waals surface area (Å²) >= 11 is 6.04. The van der Waals surface area contributed by atoms with Crippen LogP contribution in [0, 0.1) is 6.92 Å². The van der Waals surface area contributed by atoms with Gasteiger partial charge in [-0.3, -0.25) is 14.5 Å². The summed E-state index contributed by atoms with van der Waals surface area (Å²) < 4.78 is 0. The van der Waals surface area contributed by atoms with E-state index in [0.717, 1.165) is 5.56 Å². The number of amides is 4. The lowest BCUT2D eigenvalue weighted by Crippen LogP contribution is -2.35. The van der Waals surface area contributed by atoms with Gasteiger partial charge >= 0.3 is 6.03 Å². The molecule has 1 aliphatic heterocycles. The van der Waals surface area contributed by atoms with Crippen molar-refractivity contribution in [3.05, 3.63) is 58.1 Å². The van der Waals surface area contributed by atoms with Crippen molar-refractivity contribution in [2.24, 2.45) is 0 Å². The molecule has 0 saturated heterocycles. The smallest absolute Gasteiger partial charge is 0.308 e. The van der Waals surface area contributed by atoms with E-state index in [2.05, 4.69) is 10.6 Å². The Morgan fingerprint density at radius 1 is 0.962 bits per heavy atom. The number of carbonyl (C=O) groups excluding carboxylic acids is 3. The lowest BCUT2D eigenvalue weighted by atomic mass is 10.1. The minimum atomic E-state index is -0.470. The fourth-order valence-corrected chi connectivity index (χ4v) is 2.95. The molecule has 0 aromatic heterocycles. The molecule has 134 valence electrons. The van der Waals surface area contributed by atoms with Gasteiger partial charge < -0.3 is 10.6 Å². The number of benzene rings is 2. The van der Waals surface area contributed by atoms with E-state index in [0.29, 0.717) is 27.5 Å².